The van der Waals surface area contributed by atoms with Crippen LogP contribution in [0.4, 0.5) is 0 Å². The fourth-order valence-electron chi connectivity index (χ4n) is 1.63. The van der Waals surface area contributed by atoms with E-state index in [1.165, 1.54) is 11.3 Å². The SMILES string of the molecule is CCCNCc1cc(S(=O)(=O)NCCOCC(C)C)cs1. The Labute approximate surface area is 132 Å². The lowest BCUT2D eigenvalue weighted by Crippen LogP contribution is -2.27. The van der Waals surface area contributed by atoms with Gasteiger partial charge in [0, 0.05) is 30.0 Å². The third-order valence-corrected chi connectivity index (χ3v) is 5.18. The fraction of sp³-hybridized carbons (Fsp3) is 0.714. The van der Waals surface area contributed by atoms with E-state index in [-0.39, 0.29) is 0 Å². The molecule has 0 amide bonds. The van der Waals surface area contributed by atoms with E-state index in [1.807, 2.05) is 0 Å². The predicted octanol–water partition coefficient (Wildman–Crippen LogP) is 2.20. The number of sulfonamides is 1. The molecule has 122 valence electrons. The normalized spacial score (nSPS) is 12.2. The molecule has 0 aliphatic carbocycles. The molecule has 1 rings (SSSR count). The van der Waals surface area contributed by atoms with Crippen molar-refractivity contribution in [1.82, 2.24) is 10.0 Å². The van der Waals surface area contributed by atoms with E-state index in [4.69, 9.17) is 4.74 Å². The molecule has 0 spiro atoms. The molecule has 5 nitrogen and oxygen atoms in total. The van der Waals surface area contributed by atoms with Gasteiger partial charge in [0.15, 0.2) is 0 Å². The minimum Gasteiger partial charge on any atom is -0.380 e. The van der Waals surface area contributed by atoms with Gasteiger partial charge in [0.25, 0.3) is 0 Å². The molecule has 0 aliphatic rings. The summed E-state index contributed by atoms with van der Waals surface area (Å²) in [7, 11) is -3.42. The van der Waals surface area contributed by atoms with Crippen LogP contribution in [0.5, 0.6) is 0 Å². The maximum atomic E-state index is 12.1. The van der Waals surface area contributed by atoms with Gasteiger partial charge in [0.2, 0.25) is 10.0 Å². The maximum absolute atomic E-state index is 12.1. The molecule has 0 radical (unpaired) electrons. The van der Waals surface area contributed by atoms with Crippen molar-refractivity contribution in [1.29, 1.82) is 0 Å². The van der Waals surface area contributed by atoms with Gasteiger partial charge >= 0.3 is 0 Å². The summed E-state index contributed by atoms with van der Waals surface area (Å²) in [6, 6.07) is 1.73. The van der Waals surface area contributed by atoms with Crippen molar-refractivity contribution in [3.05, 3.63) is 16.3 Å². The standard InChI is InChI=1S/C14H26N2O3S2/c1-4-5-15-9-13-8-14(11-20-13)21(17,18)16-6-7-19-10-12(2)3/h8,11-12,15-16H,4-7,9-10H2,1-3H3. The van der Waals surface area contributed by atoms with Crippen molar-refractivity contribution < 1.29 is 13.2 Å². The van der Waals surface area contributed by atoms with Crippen LogP contribution in [0.25, 0.3) is 0 Å². The summed E-state index contributed by atoms with van der Waals surface area (Å²) in [5.74, 6) is 0.455. The van der Waals surface area contributed by atoms with Gasteiger partial charge in [-0.05, 0) is 24.9 Å². The van der Waals surface area contributed by atoms with Crippen LogP contribution < -0.4 is 10.0 Å². The first kappa shape index (κ1) is 18.6. The van der Waals surface area contributed by atoms with Crippen LogP contribution in [0.15, 0.2) is 16.3 Å². The van der Waals surface area contributed by atoms with Gasteiger partial charge in [-0.2, -0.15) is 0 Å². The van der Waals surface area contributed by atoms with Gasteiger partial charge in [0.1, 0.15) is 0 Å². The molecule has 1 aromatic rings. The smallest absolute Gasteiger partial charge is 0.241 e. The van der Waals surface area contributed by atoms with E-state index in [2.05, 4.69) is 30.8 Å². The molecule has 2 N–H and O–H groups in total. The summed E-state index contributed by atoms with van der Waals surface area (Å²) in [6.07, 6.45) is 1.06. The van der Waals surface area contributed by atoms with Crippen LogP contribution in [0.2, 0.25) is 0 Å². The van der Waals surface area contributed by atoms with Crippen molar-refractivity contribution in [2.75, 3.05) is 26.3 Å². The van der Waals surface area contributed by atoms with Crippen LogP contribution in [-0.2, 0) is 21.3 Å². The molecule has 1 heterocycles. The number of hydrogen-bond donors (Lipinski definition) is 2. The molecule has 0 fully saturated rings. The second-order valence-electron chi connectivity index (χ2n) is 5.29. The van der Waals surface area contributed by atoms with E-state index in [0.29, 0.717) is 37.1 Å². The number of hydrogen-bond acceptors (Lipinski definition) is 5. The Morgan fingerprint density at radius 1 is 1.33 bits per heavy atom. The minimum absolute atomic E-state index is 0.300. The van der Waals surface area contributed by atoms with Crippen LogP contribution in [0, 0.1) is 5.92 Å². The highest BCUT2D eigenvalue weighted by molar-refractivity contribution is 7.89. The third-order valence-electron chi connectivity index (χ3n) is 2.66. The molecular weight excluding hydrogens is 308 g/mol. The Bertz CT molecular complexity index is 498. The second-order valence-corrected chi connectivity index (χ2v) is 8.05. The van der Waals surface area contributed by atoms with Gasteiger partial charge in [-0.3, -0.25) is 0 Å². The van der Waals surface area contributed by atoms with Gasteiger partial charge in [-0.15, -0.1) is 11.3 Å². The zero-order valence-corrected chi connectivity index (χ0v) is 14.6. The van der Waals surface area contributed by atoms with Gasteiger partial charge in [0.05, 0.1) is 11.5 Å². The Morgan fingerprint density at radius 2 is 2.10 bits per heavy atom. The Balaban J connectivity index is 2.39. The lowest BCUT2D eigenvalue weighted by atomic mass is 10.2. The van der Waals surface area contributed by atoms with Crippen LogP contribution in [-0.4, -0.2) is 34.7 Å². The molecule has 0 atom stereocenters. The van der Waals surface area contributed by atoms with E-state index in [0.717, 1.165) is 17.8 Å². The summed E-state index contributed by atoms with van der Waals surface area (Å²) in [5, 5.41) is 4.94. The predicted molar refractivity (Wildman–Crippen MR) is 87.2 cm³/mol. The average Bonchev–Trinajstić information content (AvgIpc) is 2.88. The molecule has 0 saturated heterocycles. The van der Waals surface area contributed by atoms with E-state index in [1.54, 1.807) is 11.4 Å². The molecule has 0 bridgehead atoms. The Kier molecular flexibility index (Phi) is 8.43. The largest absolute Gasteiger partial charge is 0.380 e. The zero-order valence-electron chi connectivity index (χ0n) is 13.0. The number of ether oxygens (including phenoxy) is 1. The summed E-state index contributed by atoms with van der Waals surface area (Å²) in [6.45, 7) is 9.21. The first-order chi connectivity index (χ1) is 9.95. The fourth-order valence-corrected chi connectivity index (χ4v) is 3.89. The van der Waals surface area contributed by atoms with Crippen molar-refractivity contribution in [3.63, 3.8) is 0 Å². The van der Waals surface area contributed by atoms with Crippen molar-refractivity contribution >= 4 is 21.4 Å². The number of thiophene rings is 1. The first-order valence-electron chi connectivity index (χ1n) is 7.31. The van der Waals surface area contributed by atoms with Gasteiger partial charge in [-0.1, -0.05) is 20.8 Å². The van der Waals surface area contributed by atoms with E-state index in [9.17, 15) is 8.42 Å². The van der Waals surface area contributed by atoms with E-state index >= 15 is 0 Å². The summed E-state index contributed by atoms with van der Waals surface area (Å²) >= 11 is 1.46. The Hall–Kier alpha value is -0.470. The van der Waals surface area contributed by atoms with Crippen molar-refractivity contribution in [2.24, 2.45) is 5.92 Å². The molecule has 0 unspecified atom stereocenters. The number of rotatable bonds is 11. The highest BCUT2D eigenvalue weighted by Crippen LogP contribution is 2.18. The monoisotopic (exact) mass is 334 g/mol. The van der Waals surface area contributed by atoms with Crippen LogP contribution in [0.3, 0.4) is 0 Å². The summed E-state index contributed by atoms with van der Waals surface area (Å²) in [5.41, 5.74) is 0. The lowest BCUT2D eigenvalue weighted by molar-refractivity contribution is 0.114. The molecule has 0 aliphatic heterocycles. The summed E-state index contributed by atoms with van der Waals surface area (Å²) < 4.78 is 32.1. The van der Waals surface area contributed by atoms with Gasteiger partial charge < -0.3 is 10.1 Å². The maximum Gasteiger partial charge on any atom is 0.241 e. The van der Waals surface area contributed by atoms with Crippen LogP contribution in [0.1, 0.15) is 32.1 Å². The topological polar surface area (TPSA) is 67.4 Å². The molecule has 7 heteroatoms. The Morgan fingerprint density at radius 3 is 2.76 bits per heavy atom. The second kappa shape index (κ2) is 9.53. The first-order valence-corrected chi connectivity index (χ1v) is 9.67. The minimum atomic E-state index is -3.42. The average molecular weight is 335 g/mol. The highest BCUT2D eigenvalue weighted by Gasteiger charge is 2.15. The van der Waals surface area contributed by atoms with Gasteiger partial charge in [-0.25, -0.2) is 13.1 Å². The third kappa shape index (κ3) is 7.37. The summed E-state index contributed by atoms with van der Waals surface area (Å²) in [4.78, 5) is 1.37. The van der Waals surface area contributed by atoms with Crippen molar-refractivity contribution in [2.45, 2.75) is 38.6 Å². The molecule has 21 heavy (non-hydrogen) atoms. The molecule has 0 saturated carbocycles. The molecular formula is C14H26N2O3S2. The number of nitrogens with one attached hydrogen (secondary N) is 2. The molecule has 0 aromatic carbocycles. The highest BCUT2D eigenvalue weighted by atomic mass is 32.2. The zero-order chi connectivity index (χ0) is 15.7. The quantitative estimate of drug-likeness (QED) is 0.609. The molecule has 1 aromatic heterocycles. The van der Waals surface area contributed by atoms with E-state index < -0.39 is 10.0 Å². The van der Waals surface area contributed by atoms with Crippen molar-refractivity contribution in [3.8, 4) is 0 Å². The lowest BCUT2D eigenvalue weighted by Gasteiger charge is -2.08. The van der Waals surface area contributed by atoms with Crippen LogP contribution >= 0.6 is 11.3 Å².